The van der Waals surface area contributed by atoms with Gasteiger partial charge >= 0.3 is 0 Å². The SMILES string of the molecule is CC(C)(C)c1ccc2c3c(C(C)(C)C)ccc4c(C(C)(C)C)ccc(c5c(C(C)(C)C)ccc1c25)c43. The Balaban J connectivity index is 2.21. The first kappa shape index (κ1) is 25.1. The Kier molecular flexibility index (Phi) is 5.20. The summed E-state index contributed by atoms with van der Waals surface area (Å²) in [5.41, 5.74) is 6.00. The van der Waals surface area contributed by atoms with Gasteiger partial charge in [0.2, 0.25) is 0 Å². The molecule has 5 aromatic carbocycles. The zero-order valence-electron chi connectivity index (χ0n) is 24.6. The quantitative estimate of drug-likeness (QED) is 0.154. The van der Waals surface area contributed by atoms with Crippen molar-refractivity contribution in [1.82, 2.24) is 0 Å². The van der Waals surface area contributed by atoms with Crippen molar-refractivity contribution in [3.63, 3.8) is 0 Å². The van der Waals surface area contributed by atoms with Crippen LogP contribution in [0.15, 0.2) is 48.5 Å². The lowest BCUT2D eigenvalue weighted by Gasteiger charge is -2.31. The molecule has 0 N–H and O–H groups in total. The van der Waals surface area contributed by atoms with E-state index in [9.17, 15) is 0 Å². The third-order valence-corrected chi connectivity index (χ3v) is 8.13. The second-order valence-corrected chi connectivity index (χ2v) is 15.1. The molecule has 0 aliphatic rings. The summed E-state index contributed by atoms with van der Waals surface area (Å²) < 4.78 is 0. The van der Waals surface area contributed by atoms with E-state index in [0.29, 0.717) is 0 Å². The largest absolute Gasteiger partial charge is 0.0572 e. The Labute approximate surface area is 218 Å². The van der Waals surface area contributed by atoms with Crippen LogP contribution in [0.25, 0.3) is 43.1 Å². The maximum Gasteiger partial charge on any atom is -0.00203 e. The Bertz CT molecular complexity index is 1510. The highest BCUT2D eigenvalue weighted by molar-refractivity contribution is 6.35. The van der Waals surface area contributed by atoms with Gasteiger partial charge in [-0.05, 0) is 87.0 Å². The van der Waals surface area contributed by atoms with Crippen LogP contribution in [0.1, 0.15) is 105 Å². The summed E-state index contributed by atoms with van der Waals surface area (Å²) in [6.07, 6.45) is 0. The van der Waals surface area contributed by atoms with E-state index in [4.69, 9.17) is 0 Å². The van der Waals surface area contributed by atoms with Gasteiger partial charge in [-0.2, -0.15) is 0 Å². The van der Waals surface area contributed by atoms with Gasteiger partial charge in [0, 0.05) is 0 Å². The van der Waals surface area contributed by atoms with Crippen molar-refractivity contribution >= 4 is 43.1 Å². The molecule has 5 rings (SSSR count). The number of hydrogen-bond donors (Lipinski definition) is 0. The van der Waals surface area contributed by atoms with Crippen molar-refractivity contribution in [3.05, 3.63) is 70.8 Å². The molecular weight excluding hydrogens is 432 g/mol. The molecule has 0 heteroatoms. The second-order valence-electron chi connectivity index (χ2n) is 15.1. The van der Waals surface area contributed by atoms with Crippen molar-refractivity contribution in [2.45, 2.75) is 105 Å². The van der Waals surface area contributed by atoms with Crippen LogP contribution in [0.5, 0.6) is 0 Å². The van der Waals surface area contributed by atoms with Crippen molar-refractivity contribution in [1.29, 1.82) is 0 Å². The normalized spacial score (nSPS) is 14.1. The van der Waals surface area contributed by atoms with E-state index in [2.05, 4.69) is 132 Å². The molecule has 0 saturated heterocycles. The molecule has 0 heterocycles. The highest BCUT2D eigenvalue weighted by atomic mass is 14.3. The predicted octanol–water partition coefficient (Wildman–Crippen LogP) is 10.9. The monoisotopic (exact) mass is 476 g/mol. The van der Waals surface area contributed by atoms with E-state index in [1.165, 1.54) is 65.3 Å². The molecule has 0 aliphatic heterocycles. The molecular formula is C36H44. The highest BCUT2D eigenvalue weighted by Gasteiger charge is 2.29. The standard InChI is InChI=1S/C36H44/c1-33(2,3)25-17-15-23-29-21(25)13-19-27(35(7,8)9)31(29)24-16-18-26(34(4,5)6)22-14-20-28(36(10,11)12)32(23)30(22)24/h13-20H,1-12H3. The highest BCUT2D eigenvalue weighted by Crippen LogP contribution is 2.50. The van der Waals surface area contributed by atoms with Crippen LogP contribution in [0, 0.1) is 0 Å². The molecule has 0 bridgehead atoms. The van der Waals surface area contributed by atoms with Gasteiger partial charge in [-0.1, -0.05) is 132 Å². The van der Waals surface area contributed by atoms with Gasteiger partial charge in [0.05, 0.1) is 0 Å². The number of fused-ring (bicyclic) bond motifs is 2. The zero-order valence-corrected chi connectivity index (χ0v) is 24.6. The minimum absolute atomic E-state index is 0.0483. The summed E-state index contributed by atoms with van der Waals surface area (Å²) in [6, 6.07) is 19.3. The van der Waals surface area contributed by atoms with Gasteiger partial charge in [0.1, 0.15) is 0 Å². The fraction of sp³-hybridized carbons (Fsp3) is 0.444. The topological polar surface area (TPSA) is 0 Å². The molecule has 5 aromatic rings. The molecule has 0 aliphatic carbocycles. The maximum absolute atomic E-state index is 2.44. The molecule has 0 atom stereocenters. The lowest BCUT2D eigenvalue weighted by Crippen LogP contribution is -2.16. The van der Waals surface area contributed by atoms with E-state index in [1.54, 1.807) is 0 Å². The van der Waals surface area contributed by atoms with Gasteiger partial charge < -0.3 is 0 Å². The first-order chi connectivity index (χ1) is 16.4. The van der Waals surface area contributed by atoms with Gasteiger partial charge in [-0.3, -0.25) is 0 Å². The molecule has 36 heavy (non-hydrogen) atoms. The minimum Gasteiger partial charge on any atom is -0.0572 e. The van der Waals surface area contributed by atoms with Crippen molar-refractivity contribution in [3.8, 4) is 0 Å². The number of benzene rings is 5. The summed E-state index contributed by atoms with van der Waals surface area (Å²) in [5.74, 6) is 0. The van der Waals surface area contributed by atoms with Crippen LogP contribution >= 0.6 is 0 Å². The first-order valence-corrected chi connectivity index (χ1v) is 13.6. The lowest BCUT2D eigenvalue weighted by molar-refractivity contribution is 0.592. The molecule has 0 radical (unpaired) electrons. The van der Waals surface area contributed by atoms with E-state index >= 15 is 0 Å². The third-order valence-electron chi connectivity index (χ3n) is 8.13. The smallest absolute Gasteiger partial charge is 0.00203 e. The summed E-state index contributed by atoms with van der Waals surface area (Å²) in [7, 11) is 0. The molecule has 0 nitrogen and oxygen atoms in total. The van der Waals surface area contributed by atoms with Crippen molar-refractivity contribution in [2.75, 3.05) is 0 Å². The number of rotatable bonds is 0. The molecule has 0 unspecified atom stereocenters. The van der Waals surface area contributed by atoms with E-state index in [-0.39, 0.29) is 21.7 Å². The third kappa shape index (κ3) is 3.63. The molecule has 0 aromatic heterocycles. The fourth-order valence-electron chi connectivity index (χ4n) is 6.43. The van der Waals surface area contributed by atoms with Crippen LogP contribution in [0.2, 0.25) is 0 Å². The molecule has 0 amide bonds. The summed E-state index contributed by atoms with van der Waals surface area (Å²) in [4.78, 5) is 0. The van der Waals surface area contributed by atoms with Gasteiger partial charge in [0.25, 0.3) is 0 Å². The average molecular weight is 477 g/mol. The zero-order chi connectivity index (χ0) is 26.6. The van der Waals surface area contributed by atoms with Gasteiger partial charge in [0.15, 0.2) is 0 Å². The van der Waals surface area contributed by atoms with Gasteiger partial charge in [-0.25, -0.2) is 0 Å². The summed E-state index contributed by atoms with van der Waals surface area (Å²) in [5, 5.41) is 11.4. The van der Waals surface area contributed by atoms with Crippen LogP contribution < -0.4 is 0 Å². The maximum atomic E-state index is 2.44. The number of hydrogen-bond acceptors (Lipinski definition) is 0. The lowest BCUT2D eigenvalue weighted by atomic mass is 9.73. The van der Waals surface area contributed by atoms with Crippen molar-refractivity contribution in [2.24, 2.45) is 0 Å². The van der Waals surface area contributed by atoms with Gasteiger partial charge in [-0.15, -0.1) is 0 Å². The van der Waals surface area contributed by atoms with Crippen LogP contribution in [-0.2, 0) is 21.7 Å². The predicted molar refractivity (Wildman–Crippen MR) is 162 cm³/mol. The van der Waals surface area contributed by atoms with Crippen LogP contribution in [-0.4, -0.2) is 0 Å². The molecule has 188 valence electrons. The first-order valence-electron chi connectivity index (χ1n) is 13.6. The molecule has 0 spiro atoms. The summed E-state index contributed by atoms with van der Waals surface area (Å²) >= 11 is 0. The Morgan fingerprint density at radius 2 is 0.528 bits per heavy atom. The second kappa shape index (κ2) is 7.47. The summed E-state index contributed by atoms with van der Waals surface area (Å²) in [6.45, 7) is 28.2. The Hall–Kier alpha value is -2.60. The molecule has 0 fully saturated rings. The van der Waals surface area contributed by atoms with Crippen LogP contribution in [0.3, 0.4) is 0 Å². The fourth-order valence-corrected chi connectivity index (χ4v) is 6.43. The van der Waals surface area contributed by atoms with E-state index in [0.717, 1.165) is 0 Å². The van der Waals surface area contributed by atoms with E-state index in [1.807, 2.05) is 0 Å². The van der Waals surface area contributed by atoms with Crippen molar-refractivity contribution < 1.29 is 0 Å². The average Bonchev–Trinajstić information content (AvgIpc) is 2.73. The Morgan fingerprint density at radius 1 is 0.278 bits per heavy atom. The Morgan fingerprint density at radius 3 is 0.806 bits per heavy atom. The van der Waals surface area contributed by atoms with E-state index < -0.39 is 0 Å². The van der Waals surface area contributed by atoms with Crippen LogP contribution in [0.4, 0.5) is 0 Å². The molecule has 0 saturated carbocycles. The minimum atomic E-state index is 0.0483.